The van der Waals surface area contributed by atoms with Crippen LogP contribution in [-0.4, -0.2) is 33.4 Å². The van der Waals surface area contributed by atoms with Crippen LogP contribution in [0.25, 0.3) is 10.8 Å². The highest BCUT2D eigenvalue weighted by atomic mass is 32.2. The monoisotopic (exact) mass is 439 g/mol. The largest absolute Gasteiger partial charge is 0.370 e. The van der Waals surface area contributed by atoms with Crippen molar-refractivity contribution in [3.05, 3.63) is 72.3 Å². The fourth-order valence-electron chi connectivity index (χ4n) is 3.02. The van der Waals surface area contributed by atoms with Gasteiger partial charge in [0, 0.05) is 24.3 Å². The molecule has 0 aliphatic heterocycles. The Hall–Kier alpha value is -3.59. The number of benzene rings is 3. The molecule has 0 radical (unpaired) electrons. The number of unbranched alkanes of at least 4 members (excludes halogenated alkanes) is 1. The Kier molecular flexibility index (Phi) is 7.09. The molecule has 0 atom stereocenters. The lowest BCUT2D eigenvalue weighted by molar-refractivity contribution is 0.0953. The van der Waals surface area contributed by atoms with E-state index in [9.17, 15) is 13.2 Å². The molecule has 0 aromatic heterocycles. The van der Waals surface area contributed by atoms with Crippen molar-refractivity contribution in [1.82, 2.24) is 5.32 Å². The molecule has 31 heavy (non-hydrogen) atoms. The Bertz CT molecular complexity index is 1200. The molecule has 0 bridgehead atoms. The highest BCUT2D eigenvalue weighted by molar-refractivity contribution is 7.92. The lowest BCUT2D eigenvalue weighted by Crippen LogP contribution is -2.25. The molecule has 0 aliphatic carbocycles. The number of fused-ring (bicyclic) bond motifs is 1. The van der Waals surface area contributed by atoms with Crippen LogP contribution in [-0.2, 0) is 10.0 Å². The SMILES string of the molecule is NC(N)=NCCCCNC(=O)c1cccc(NS(=O)(=O)c2ccc3ccccc3c2)c1. The topological polar surface area (TPSA) is 140 Å². The first-order valence-corrected chi connectivity index (χ1v) is 11.3. The first kappa shape index (κ1) is 22.1. The van der Waals surface area contributed by atoms with Crippen molar-refractivity contribution in [2.75, 3.05) is 17.8 Å². The third kappa shape index (κ3) is 6.19. The first-order valence-electron chi connectivity index (χ1n) is 9.80. The van der Waals surface area contributed by atoms with Crippen LogP contribution in [0.4, 0.5) is 5.69 Å². The zero-order valence-electron chi connectivity index (χ0n) is 16.9. The van der Waals surface area contributed by atoms with Gasteiger partial charge in [-0.2, -0.15) is 0 Å². The van der Waals surface area contributed by atoms with Crippen LogP contribution in [0.2, 0.25) is 0 Å². The summed E-state index contributed by atoms with van der Waals surface area (Å²) in [5, 5.41) is 4.59. The third-order valence-corrected chi connectivity index (χ3v) is 5.95. The van der Waals surface area contributed by atoms with E-state index in [0.29, 0.717) is 24.3 Å². The van der Waals surface area contributed by atoms with E-state index >= 15 is 0 Å². The average Bonchev–Trinajstić information content (AvgIpc) is 2.75. The molecule has 1 amide bonds. The van der Waals surface area contributed by atoms with Gasteiger partial charge < -0.3 is 16.8 Å². The normalized spacial score (nSPS) is 11.1. The van der Waals surface area contributed by atoms with Gasteiger partial charge in [0.05, 0.1) is 4.90 Å². The molecule has 0 unspecified atom stereocenters. The van der Waals surface area contributed by atoms with E-state index in [-0.39, 0.29) is 16.8 Å². The summed E-state index contributed by atoms with van der Waals surface area (Å²) in [5.74, 6) is -0.236. The minimum absolute atomic E-state index is 0.0481. The van der Waals surface area contributed by atoms with Crippen molar-refractivity contribution in [3.8, 4) is 0 Å². The molecule has 3 rings (SSSR count). The molecular formula is C22H25N5O3S. The van der Waals surface area contributed by atoms with Crippen molar-refractivity contribution in [1.29, 1.82) is 0 Å². The Morgan fingerprint density at radius 1 is 0.903 bits per heavy atom. The summed E-state index contributed by atoms with van der Waals surface area (Å²) in [4.78, 5) is 16.4. The van der Waals surface area contributed by atoms with E-state index in [1.165, 1.54) is 6.07 Å². The zero-order chi connectivity index (χ0) is 22.3. The van der Waals surface area contributed by atoms with Crippen molar-refractivity contribution in [2.45, 2.75) is 17.7 Å². The Balaban J connectivity index is 1.63. The maximum atomic E-state index is 12.8. The van der Waals surface area contributed by atoms with Crippen LogP contribution in [0.1, 0.15) is 23.2 Å². The van der Waals surface area contributed by atoms with Crippen LogP contribution in [0.5, 0.6) is 0 Å². The number of nitrogens with two attached hydrogens (primary N) is 2. The highest BCUT2D eigenvalue weighted by Crippen LogP contribution is 2.22. The molecule has 0 saturated carbocycles. The molecule has 9 heteroatoms. The first-order chi connectivity index (χ1) is 14.8. The molecule has 0 aliphatic rings. The number of aliphatic imine (C=N–C) groups is 1. The van der Waals surface area contributed by atoms with E-state index in [1.807, 2.05) is 24.3 Å². The summed E-state index contributed by atoms with van der Waals surface area (Å²) in [6, 6.07) is 18.8. The molecule has 6 N–H and O–H groups in total. The van der Waals surface area contributed by atoms with Crippen LogP contribution >= 0.6 is 0 Å². The predicted molar refractivity (Wildman–Crippen MR) is 123 cm³/mol. The van der Waals surface area contributed by atoms with E-state index < -0.39 is 10.0 Å². The van der Waals surface area contributed by atoms with Gasteiger partial charge in [0.25, 0.3) is 15.9 Å². The minimum atomic E-state index is -3.80. The molecule has 8 nitrogen and oxygen atoms in total. The van der Waals surface area contributed by atoms with Gasteiger partial charge in [0.1, 0.15) is 0 Å². The number of hydrogen-bond donors (Lipinski definition) is 4. The molecule has 0 fully saturated rings. The molecule has 3 aromatic rings. The maximum absolute atomic E-state index is 12.8. The number of hydrogen-bond acceptors (Lipinski definition) is 4. The number of sulfonamides is 1. The average molecular weight is 440 g/mol. The second-order valence-electron chi connectivity index (χ2n) is 6.96. The number of nitrogens with zero attached hydrogens (tertiary/aromatic N) is 1. The van der Waals surface area contributed by atoms with Gasteiger partial charge >= 0.3 is 0 Å². The third-order valence-electron chi connectivity index (χ3n) is 4.57. The predicted octanol–water partition coefficient (Wildman–Crippen LogP) is 2.42. The number of rotatable bonds is 9. The van der Waals surface area contributed by atoms with Crippen LogP contribution in [0.15, 0.2) is 76.6 Å². The van der Waals surface area contributed by atoms with E-state index in [0.717, 1.165) is 23.6 Å². The summed E-state index contributed by atoms with van der Waals surface area (Å²) < 4.78 is 28.2. The van der Waals surface area contributed by atoms with Gasteiger partial charge in [0.15, 0.2) is 5.96 Å². The molecule has 0 saturated heterocycles. The van der Waals surface area contributed by atoms with Crippen LogP contribution < -0.4 is 21.5 Å². The smallest absolute Gasteiger partial charge is 0.261 e. The summed E-state index contributed by atoms with van der Waals surface area (Å²) >= 11 is 0. The van der Waals surface area contributed by atoms with E-state index in [4.69, 9.17) is 11.5 Å². The van der Waals surface area contributed by atoms with E-state index in [2.05, 4.69) is 15.0 Å². The lowest BCUT2D eigenvalue weighted by Gasteiger charge is -2.11. The van der Waals surface area contributed by atoms with Gasteiger partial charge in [-0.05, 0) is 53.9 Å². The van der Waals surface area contributed by atoms with Crippen molar-refractivity contribution >= 4 is 38.3 Å². The number of nitrogens with one attached hydrogen (secondary N) is 2. The molecule has 0 heterocycles. The van der Waals surface area contributed by atoms with Crippen molar-refractivity contribution in [3.63, 3.8) is 0 Å². The van der Waals surface area contributed by atoms with Gasteiger partial charge in [-0.1, -0.05) is 36.4 Å². The molecule has 0 spiro atoms. The number of amides is 1. The van der Waals surface area contributed by atoms with Crippen LogP contribution in [0.3, 0.4) is 0 Å². The second-order valence-corrected chi connectivity index (χ2v) is 8.65. The van der Waals surface area contributed by atoms with Gasteiger partial charge in [-0.15, -0.1) is 0 Å². The second kappa shape index (κ2) is 9.94. The Labute approximate surface area is 181 Å². The summed E-state index contributed by atoms with van der Waals surface area (Å²) in [7, 11) is -3.80. The summed E-state index contributed by atoms with van der Waals surface area (Å²) in [6.07, 6.45) is 1.46. The maximum Gasteiger partial charge on any atom is 0.261 e. The standard InChI is InChI=1S/C22H25N5O3S/c23-22(24)26-13-4-3-12-25-21(28)18-8-5-9-19(14-18)27-31(29,30)20-11-10-16-6-1-2-7-17(16)15-20/h1-2,5-11,14-15,27H,3-4,12-13H2,(H,25,28)(H4,23,24,26). The summed E-state index contributed by atoms with van der Waals surface area (Å²) in [6.45, 7) is 0.968. The zero-order valence-corrected chi connectivity index (χ0v) is 17.7. The highest BCUT2D eigenvalue weighted by Gasteiger charge is 2.15. The molecular weight excluding hydrogens is 414 g/mol. The summed E-state index contributed by atoms with van der Waals surface area (Å²) in [5.41, 5.74) is 11.2. The lowest BCUT2D eigenvalue weighted by atomic mass is 10.1. The van der Waals surface area contributed by atoms with Gasteiger partial charge in [-0.25, -0.2) is 8.42 Å². The number of anilines is 1. The quantitative estimate of drug-likeness (QED) is 0.230. The number of carbonyl (C=O) groups is 1. The number of carbonyl (C=O) groups excluding carboxylic acids is 1. The fraction of sp³-hybridized carbons (Fsp3) is 0.182. The molecule has 3 aromatic carbocycles. The Morgan fingerprint density at radius 2 is 1.68 bits per heavy atom. The fourth-order valence-corrected chi connectivity index (χ4v) is 4.11. The van der Waals surface area contributed by atoms with Gasteiger partial charge in [-0.3, -0.25) is 14.5 Å². The van der Waals surface area contributed by atoms with Gasteiger partial charge in [0.2, 0.25) is 0 Å². The van der Waals surface area contributed by atoms with E-state index in [1.54, 1.807) is 36.4 Å². The Morgan fingerprint density at radius 3 is 2.45 bits per heavy atom. The number of guanidine groups is 1. The molecule has 162 valence electrons. The minimum Gasteiger partial charge on any atom is -0.370 e. The van der Waals surface area contributed by atoms with Crippen LogP contribution in [0, 0.1) is 0 Å². The van der Waals surface area contributed by atoms with Crippen molar-refractivity contribution in [2.24, 2.45) is 16.5 Å². The van der Waals surface area contributed by atoms with Crippen molar-refractivity contribution < 1.29 is 13.2 Å².